The van der Waals surface area contributed by atoms with E-state index in [9.17, 15) is 4.55 Å². The highest BCUT2D eigenvalue weighted by Crippen LogP contribution is 2.09. The Bertz CT molecular complexity index is 301. The van der Waals surface area contributed by atoms with E-state index < -0.39 is 11.4 Å². The molecule has 1 aromatic carbocycles. The minimum Gasteiger partial charge on any atom is -0.598 e. The maximum atomic E-state index is 11.7. The van der Waals surface area contributed by atoms with Gasteiger partial charge in [0.05, 0.1) is 6.04 Å². The molecule has 0 amide bonds. The van der Waals surface area contributed by atoms with Crippen molar-refractivity contribution in [3.8, 4) is 0 Å². The van der Waals surface area contributed by atoms with E-state index in [2.05, 4.69) is 16.7 Å². The average Bonchev–Trinajstić information content (AvgIpc) is 2.17. The Hall–Kier alpha value is -0.550. The second-order valence-electron chi connectivity index (χ2n) is 4.01. The van der Waals surface area contributed by atoms with Crippen molar-refractivity contribution in [3.05, 3.63) is 35.9 Å². The summed E-state index contributed by atoms with van der Waals surface area (Å²) in [7, 11) is 2.07. The number of benzene rings is 1. The normalized spacial score (nSPS) is 19.9. The first-order chi connectivity index (χ1) is 7.24. The van der Waals surface area contributed by atoms with E-state index in [1.807, 2.05) is 30.3 Å². The third kappa shape index (κ3) is 3.21. The van der Waals surface area contributed by atoms with Crippen LogP contribution in [0.2, 0.25) is 0 Å². The molecule has 1 aliphatic heterocycles. The molecule has 3 nitrogen and oxygen atoms in total. The van der Waals surface area contributed by atoms with Gasteiger partial charge in [0, 0.05) is 30.0 Å². The van der Waals surface area contributed by atoms with Gasteiger partial charge in [0.2, 0.25) is 0 Å². The Balaban J connectivity index is 1.75. The van der Waals surface area contributed by atoms with E-state index in [4.69, 9.17) is 0 Å². The first-order valence-corrected chi connectivity index (χ1v) is 6.43. The van der Waals surface area contributed by atoms with Gasteiger partial charge in [0.25, 0.3) is 0 Å². The molecule has 82 valence electrons. The monoisotopic (exact) mass is 224 g/mol. The van der Waals surface area contributed by atoms with Crippen LogP contribution in [-0.4, -0.2) is 35.6 Å². The first-order valence-electron chi connectivity index (χ1n) is 5.11. The van der Waals surface area contributed by atoms with Crippen LogP contribution in [0.15, 0.2) is 30.3 Å². The predicted octanol–water partition coefficient (Wildman–Crippen LogP) is 0.754. The van der Waals surface area contributed by atoms with Gasteiger partial charge in [0.15, 0.2) is 5.75 Å². The van der Waals surface area contributed by atoms with Crippen molar-refractivity contribution in [2.75, 3.05) is 20.1 Å². The van der Waals surface area contributed by atoms with E-state index in [0.29, 0.717) is 11.8 Å². The molecular formula is C11H16N2OS. The summed E-state index contributed by atoms with van der Waals surface area (Å²) < 4.78 is 14.8. The molecule has 1 unspecified atom stereocenters. The molecule has 0 radical (unpaired) electrons. The molecule has 1 N–H and O–H groups in total. The summed E-state index contributed by atoms with van der Waals surface area (Å²) in [6.07, 6.45) is 0. The average molecular weight is 224 g/mol. The van der Waals surface area contributed by atoms with Gasteiger partial charge in [0.1, 0.15) is 0 Å². The molecule has 1 aliphatic rings. The zero-order valence-corrected chi connectivity index (χ0v) is 9.67. The lowest BCUT2D eigenvalue weighted by molar-refractivity contribution is 0.180. The lowest BCUT2D eigenvalue weighted by Gasteiger charge is -2.35. The summed E-state index contributed by atoms with van der Waals surface area (Å²) >= 11 is -0.941. The quantitative estimate of drug-likeness (QED) is 0.767. The largest absolute Gasteiger partial charge is 0.598 e. The van der Waals surface area contributed by atoms with Crippen LogP contribution < -0.4 is 4.72 Å². The van der Waals surface area contributed by atoms with Gasteiger partial charge in [-0.2, -0.15) is 0 Å². The van der Waals surface area contributed by atoms with Gasteiger partial charge < -0.3 is 9.45 Å². The SMILES string of the molecule is CN1CC(N[S+]([O-])Cc2ccccc2)C1. The minimum absolute atomic E-state index is 0.402. The van der Waals surface area contributed by atoms with Crippen molar-refractivity contribution >= 4 is 11.4 Å². The molecule has 1 fully saturated rings. The third-order valence-electron chi connectivity index (χ3n) is 2.50. The van der Waals surface area contributed by atoms with E-state index in [1.165, 1.54) is 0 Å². The fourth-order valence-corrected chi connectivity index (χ4v) is 2.83. The van der Waals surface area contributed by atoms with Crippen LogP contribution in [0, 0.1) is 0 Å². The minimum atomic E-state index is -0.941. The van der Waals surface area contributed by atoms with E-state index in [-0.39, 0.29) is 0 Å². The second kappa shape index (κ2) is 4.99. The Labute approximate surface area is 93.8 Å². The van der Waals surface area contributed by atoms with Gasteiger partial charge in [-0.15, -0.1) is 4.72 Å². The smallest absolute Gasteiger partial charge is 0.150 e. The van der Waals surface area contributed by atoms with Crippen LogP contribution in [0.25, 0.3) is 0 Å². The maximum absolute atomic E-state index is 11.7. The Morgan fingerprint density at radius 2 is 2.07 bits per heavy atom. The zero-order valence-electron chi connectivity index (χ0n) is 8.85. The second-order valence-corrected chi connectivity index (χ2v) is 5.23. The standard InChI is InChI=1S/C11H16N2OS/c1-13-7-11(8-13)12-15(14)9-10-5-3-2-4-6-10/h2-6,11-12H,7-9H2,1H3. The van der Waals surface area contributed by atoms with E-state index in [1.54, 1.807) is 0 Å². The number of likely N-dealkylation sites (N-methyl/N-ethyl adjacent to an activating group) is 1. The summed E-state index contributed by atoms with van der Waals surface area (Å²) in [5, 5.41) is 0. The van der Waals surface area contributed by atoms with Crippen molar-refractivity contribution in [2.24, 2.45) is 0 Å². The Morgan fingerprint density at radius 3 is 2.67 bits per heavy atom. The van der Waals surface area contributed by atoms with Crippen LogP contribution in [0.3, 0.4) is 0 Å². The molecule has 1 atom stereocenters. The number of nitrogens with one attached hydrogen (secondary N) is 1. The van der Waals surface area contributed by atoms with Crippen LogP contribution in [0.4, 0.5) is 0 Å². The molecule has 0 aliphatic carbocycles. The first kappa shape index (κ1) is 11.0. The van der Waals surface area contributed by atoms with Gasteiger partial charge in [-0.3, -0.25) is 0 Å². The molecule has 0 bridgehead atoms. The van der Waals surface area contributed by atoms with E-state index in [0.717, 1.165) is 18.7 Å². The maximum Gasteiger partial charge on any atom is 0.150 e. The highest BCUT2D eigenvalue weighted by Gasteiger charge is 2.27. The molecule has 0 spiro atoms. The summed E-state index contributed by atoms with van der Waals surface area (Å²) in [4.78, 5) is 2.21. The Kier molecular flexibility index (Phi) is 3.64. The Morgan fingerprint density at radius 1 is 1.40 bits per heavy atom. The summed E-state index contributed by atoms with van der Waals surface area (Å²) in [5.41, 5.74) is 1.12. The van der Waals surface area contributed by atoms with Crippen LogP contribution >= 0.6 is 0 Å². The molecule has 2 rings (SSSR count). The number of hydrogen-bond acceptors (Lipinski definition) is 3. The topological polar surface area (TPSA) is 38.3 Å². The molecular weight excluding hydrogens is 208 g/mol. The molecule has 15 heavy (non-hydrogen) atoms. The molecule has 1 heterocycles. The van der Waals surface area contributed by atoms with Gasteiger partial charge in [-0.1, -0.05) is 30.3 Å². The number of nitrogens with zero attached hydrogens (tertiary/aromatic N) is 1. The molecule has 4 heteroatoms. The molecule has 1 aromatic rings. The van der Waals surface area contributed by atoms with Gasteiger partial charge >= 0.3 is 0 Å². The molecule has 0 aromatic heterocycles. The van der Waals surface area contributed by atoms with Gasteiger partial charge in [-0.05, 0) is 7.05 Å². The van der Waals surface area contributed by atoms with Crippen molar-refractivity contribution in [1.82, 2.24) is 9.62 Å². The summed E-state index contributed by atoms with van der Waals surface area (Å²) in [5.74, 6) is 0.598. The lowest BCUT2D eigenvalue weighted by Crippen LogP contribution is -2.57. The highest BCUT2D eigenvalue weighted by atomic mass is 32.2. The lowest BCUT2D eigenvalue weighted by atomic mass is 10.2. The third-order valence-corrected chi connectivity index (χ3v) is 3.69. The summed E-state index contributed by atoms with van der Waals surface area (Å²) in [6.45, 7) is 2.00. The fraction of sp³-hybridized carbons (Fsp3) is 0.455. The zero-order chi connectivity index (χ0) is 10.7. The van der Waals surface area contributed by atoms with Gasteiger partial charge in [-0.25, -0.2) is 0 Å². The van der Waals surface area contributed by atoms with Crippen LogP contribution in [0.1, 0.15) is 5.56 Å². The van der Waals surface area contributed by atoms with Crippen LogP contribution in [0.5, 0.6) is 0 Å². The number of likely N-dealkylation sites (tertiary alicyclic amines) is 1. The molecule has 1 saturated heterocycles. The van der Waals surface area contributed by atoms with Crippen LogP contribution in [-0.2, 0) is 17.1 Å². The number of hydrogen-bond donors (Lipinski definition) is 1. The highest BCUT2D eigenvalue weighted by molar-refractivity contribution is 7.88. The number of rotatable bonds is 4. The van der Waals surface area contributed by atoms with E-state index >= 15 is 0 Å². The fourth-order valence-electron chi connectivity index (χ4n) is 1.73. The summed E-state index contributed by atoms with van der Waals surface area (Å²) in [6, 6.07) is 10.3. The van der Waals surface area contributed by atoms with Crippen molar-refractivity contribution in [2.45, 2.75) is 11.8 Å². The molecule has 0 saturated carbocycles. The van der Waals surface area contributed by atoms with Crippen molar-refractivity contribution < 1.29 is 4.55 Å². The predicted molar refractivity (Wildman–Crippen MR) is 62.7 cm³/mol. The van der Waals surface area contributed by atoms with Crippen molar-refractivity contribution in [1.29, 1.82) is 0 Å². The van der Waals surface area contributed by atoms with Crippen molar-refractivity contribution in [3.63, 3.8) is 0 Å².